The fraction of sp³-hybridized carbons (Fsp3) is 0.929. The minimum Gasteiger partial charge on any atom is -0.481 e. The van der Waals surface area contributed by atoms with Crippen LogP contribution in [-0.4, -0.2) is 35.6 Å². The number of likely N-dealkylation sites (tertiary alicyclic amines) is 1. The van der Waals surface area contributed by atoms with Crippen LogP contribution in [0.25, 0.3) is 0 Å². The van der Waals surface area contributed by atoms with Crippen LogP contribution in [0.5, 0.6) is 0 Å². The van der Waals surface area contributed by atoms with E-state index < -0.39 is 11.4 Å². The van der Waals surface area contributed by atoms with Gasteiger partial charge in [0.05, 0.1) is 5.41 Å². The van der Waals surface area contributed by atoms with E-state index in [2.05, 4.69) is 4.90 Å². The third-order valence-corrected chi connectivity index (χ3v) is 4.90. The molecule has 1 atom stereocenters. The van der Waals surface area contributed by atoms with Crippen LogP contribution >= 0.6 is 0 Å². The molecule has 1 N–H and O–H groups in total. The highest BCUT2D eigenvalue weighted by Crippen LogP contribution is 2.44. The molecule has 3 nitrogen and oxygen atoms in total. The first-order valence-corrected chi connectivity index (χ1v) is 6.95. The molecule has 2 rings (SSSR count). The Labute approximate surface area is 104 Å². The Bertz CT molecular complexity index is 289. The van der Waals surface area contributed by atoms with Crippen LogP contribution in [0, 0.1) is 10.8 Å². The summed E-state index contributed by atoms with van der Waals surface area (Å²) in [6, 6.07) is 0. The zero-order valence-corrected chi connectivity index (χ0v) is 11.2. The van der Waals surface area contributed by atoms with Crippen molar-refractivity contribution in [2.45, 2.75) is 52.4 Å². The molecule has 1 heterocycles. The van der Waals surface area contributed by atoms with Gasteiger partial charge in [0.15, 0.2) is 0 Å². The van der Waals surface area contributed by atoms with Crippen LogP contribution in [0.1, 0.15) is 52.4 Å². The minimum atomic E-state index is -0.649. The number of carboxylic acid groups (broad SMARTS) is 1. The first-order chi connectivity index (χ1) is 8.00. The van der Waals surface area contributed by atoms with Crippen LogP contribution in [0.3, 0.4) is 0 Å². The van der Waals surface area contributed by atoms with Crippen molar-refractivity contribution >= 4 is 5.97 Å². The molecule has 0 bridgehead atoms. The first kappa shape index (κ1) is 12.9. The maximum Gasteiger partial charge on any atom is 0.310 e. The molecule has 98 valence electrons. The summed E-state index contributed by atoms with van der Waals surface area (Å²) in [6.45, 7) is 6.85. The van der Waals surface area contributed by atoms with Gasteiger partial charge in [-0.05, 0) is 31.6 Å². The van der Waals surface area contributed by atoms with Crippen LogP contribution in [0.4, 0.5) is 0 Å². The molecule has 1 saturated carbocycles. The van der Waals surface area contributed by atoms with E-state index in [0.717, 1.165) is 19.6 Å². The Hall–Kier alpha value is -0.570. The normalized spacial score (nSPS) is 27.4. The lowest BCUT2D eigenvalue weighted by Gasteiger charge is -2.54. The van der Waals surface area contributed by atoms with E-state index in [0.29, 0.717) is 11.8 Å². The van der Waals surface area contributed by atoms with Crippen molar-refractivity contribution in [3.63, 3.8) is 0 Å². The lowest BCUT2D eigenvalue weighted by Crippen LogP contribution is -2.59. The summed E-state index contributed by atoms with van der Waals surface area (Å²) in [5, 5.41) is 9.28. The first-order valence-electron chi connectivity index (χ1n) is 6.95. The van der Waals surface area contributed by atoms with Gasteiger partial charge < -0.3 is 10.0 Å². The SMILES string of the molecule is CCC(C)(CN1CC2(CCCCC2)C1)C(=O)O. The van der Waals surface area contributed by atoms with E-state index in [1.807, 2.05) is 13.8 Å². The summed E-state index contributed by atoms with van der Waals surface area (Å²) in [5.41, 5.74) is 0.00167. The van der Waals surface area contributed by atoms with Gasteiger partial charge in [0, 0.05) is 19.6 Å². The lowest BCUT2D eigenvalue weighted by atomic mass is 9.68. The smallest absolute Gasteiger partial charge is 0.310 e. The van der Waals surface area contributed by atoms with Gasteiger partial charge in [-0.2, -0.15) is 0 Å². The molecule has 2 aliphatic rings. The second kappa shape index (κ2) is 4.60. The Morgan fingerprint density at radius 3 is 2.35 bits per heavy atom. The Morgan fingerprint density at radius 2 is 1.88 bits per heavy atom. The summed E-state index contributed by atoms with van der Waals surface area (Å²) < 4.78 is 0. The molecule has 1 spiro atoms. The second-order valence-electron chi connectivity index (χ2n) is 6.43. The van der Waals surface area contributed by atoms with Crippen LogP contribution < -0.4 is 0 Å². The van der Waals surface area contributed by atoms with Crippen LogP contribution in [0.2, 0.25) is 0 Å². The van der Waals surface area contributed by atoms with E-state index in [9.17, 15) is 9.90 Å². The van der Waals surface area contributed by atoms with Crippen molar-refractivity contribution in [3.05, 3.63) is 0 Å². The highest BCUT2D eigenvalue weighted by Gasteiger charge is 2.46. The predicted octanol–water partition coefficient (Wildman–Crippen LogP) is 2.75. The molecule has 1 aliphatic heterocycles. The van der Waals surface area contributed by atoms with E-state index >= 15 is 0 Å². The van der Waals surface area contributed by atoms with Crippen LogP contribution in [0.15, 0.2) is 0 Å². The van der Waals surface area contributed by atoms with Gasteiger partial charge >= 0.3 is 5.97 Å². The van der Waals surface area contributed by atoms with E-state index in [1.165, 1.54) is 32.1 Å². The summed E-state index contributed by atoms with van der Waals surface area (Å²) in [5.74, 6) is -0.649. The number of carboxylic acids is 1. The quantitative estimate of drug-likeness (QED) is 0.820. The molecule has 0 amide bonds. The summed E-state index contributed by atoms with van der Waals surface area (Å²) in [7, 11) is 0. The number of aliphatic carboxylic acids is 1. The van der Waals surface area contributed by atoms with Crippen molar-refractivity contribution in [2.75, 3.05) is 19.6 Å². The zero-order chi connectivity index (χ0) is 12.5. The number of carbonyl (C=O) groups is 1. The molecule has 0 radical (unpaired) electrons. The minimum absolute atomic E-state index is 0.559. The average molecular weight is 239 g/mol. The molecule has 0 aromatic rings. The third kappa shape index (κ3) is 2.49. The van der Waals surface area contributed by atoms with Gasteiger partial charge in [-0.25, -0.2) is 0 Å². The predicted molar refractivity (Wildman–Crippen MR) is 68.0 cm³/mol. The number of nitrogens with zero attached hydrogens (tertiary/aromatic N) is 1. The van der Waals surface area contributed by atoms with Crippen molar-refractivity contribution in [1.82, 2.24) is 4.90 Å². The molecule has 0 aromatic heterocycles. The van der Waals surface area contributed by atoms with Gasteiger partial charge in [0.2, 0.25) is 0 Å². The Balaban J connectivity index is 1.85. The van der Waals surface area contributed by atoms with Crippen molar-refractivity contribution in [2.24, 2.45) is 10.8 Å². The Morgan fingerprint density at radius 1 is 1.29 bits per heavy atom. The van der Waals surface area contributed by atoms with E-state index in [4.69, 9.17) is 0 Å². The van der Waals surface area contributed by atoms with Crippen molar-refractivity contribution < 1.29 is 9.90 Å². The Kier molecular flexibility index (Phi) is 3.48. The third-order valence-electron chi connectivity index (χ3n) is 4.90. The largest absolute Gasteiger partial charge is 0.481 e. The van der Waals surface area contributed by atoms with E-state index in [-0.39, 0.29) is 0 Å². The lowest BCUT2D eigenvalue weighted by molar-refractivity contribution is -0.152. The van der Waals surface area contributed by atoms with Gasteiger partial charge in [-0.3, -0.25) is 4.79 Å². The summed E-state index contributed by atoms with van der Waals surface area (Å²) in [6.07, 6.45) is 7.57. The van der Waals surface area contributed by atoms with Crippen molar-refractivity contribution in [3.8, 4) is 0 Å². The molecule has 17 heavy (non-hydrogen) atoms. The fourth-order valence-electron chi connectivity index (χ4n) is 3.46. The summed E-state index contributed by atoms with van der Waals surface area (Å²) in [4.78, 5) is 13.6. The van der Waals surface area contributed by atoms with Gasteiger partial charge in [-0.1, -0.05) is 26.2 Å². The molecular weight excluding hydrogens is 214 g/mol. The molecule has 1 aliphatic carbocycles. The summed E-state index contributed by atoms with van der Waals surface area (Å²) >= 11 is 0. The second-order valence-corrected chi connectivity index (χ2v) is 6.43. The highest BCUT2D eigenvalue weighted by atomic mass is 16.4. The molecule has 2 fully saturated rings. The standard InChI is InChI=1S/C14H25NO2/c1-3-13(2,12(16)17)9-15-10-14(11-15)7-5-4-6-8-14/h3-11H2,1-2H3,(H,16,17). The number of hydrogen-bond acceptors (Lipinski definition) is 2. The number of rotatable bonds is 4. The van der Waals surface area contributed by atoms with Crippen LogP contribution in [-0.2, 0) is 4.79 Å². The van der Waals surface area contributed by atoms with Gasteiger partial charge in [-0.15, -0.1) is 0 Å². The average Bonchev–Trinajstić information content (AvgIpc) is 2.28. The zero-order valence-electron chi connectivity index (χ0n) is 11.2. The van der Waals surface area contributed by atoms with Gasteiger partial charge in [0.25, 0.3) is 0 Å². The maximum atomic E-state index is 11.3. The molecular formula is C14H25NO2. The number of hydrogen-bond donors (Lipinski definition) is 1. The molecule has 0 aromatic carbocycles. The topological polar surface area (TPSA) is 40.5 Å². The molecule has 3 heteroatoms. The molecule has 1 saturated heterocycles. The molecule has 1 unspecified atom stereocenters. The van der Waals surface area contributed by atoms with Gasteiger partial charge in [0.1, 0.15) is 0 Å². The highest BCUT2D eigenvalue weighted by molar-refractivity contribution is 5.74. The van der Waals surface area contributed by atoms with E-state index in [1.54, 1.807) is 0 Å². The monoisotopic (exact) mass is 239 g/mol. The fourth-order valence-corrected chi connectivity index (χ4v) is 3.46. The maximum absolute atomic E-state index is 11.3. The van der Waals surface area contributed by atoms with Crippen molar-refractivity contribution in [1.29, 1.82) is 0 Å².